The highest BCUT2D eigenvalue weighted by atomic mass is 16.5. The van der Waals surface area contributed by atoms with E-state index in [1.165, 1.54) is 0 Å². The van der Waals surface area contributed by atoms with Crippen LogP contribution in [-0.4, -0.2) is 62.0 Å². The molecule has 0 bridgehead atoms. The Labute approximate surface area is 154 Å². The summed E-state index contributed by atoms with van der Waals surface area (Å²) in [5.74, 6) is 1.65. The summed E-state index contributed by atoms with van der Waals surface area (Å²) in [6.07, 6.45) is 7.02. The molecule has 2 amide bonds. The Balaban J connectivity index is 1.58. The van der Waals surface area contributed by atoms with Crippen molar-refractivity contribution in [3.05, 3.63) is 35.9 Å². The second kappa shape index (κ2) is 8.25. The summed E-state index contributed by atoms with van der Waals surface area (Å²) in [6, 6.07) is 5.19. The molecule has 0 spiro atoms. The van der Waals surface area contributed by atoms with E-state index in [1.54, 1.807) is 37.3 Å². The number of carbonyl (C=O) groups excluding carboxylic acids is 2. The number of rotatable bonds is 5. The molecule has 1 unspecified atom stereocenters. The number of benzene rings is 1. The third-order valence-electron chi connectivity index (χ3n) is 5.11. The molecule has 0 saturated carbocycles. The van der Waals surface area contributed by atoms with Gasteiger partial charge in [0.05, 0.1) is 19.8 Å². The highest BCUT2D eigenvalue weighted by Gasteiger charge is 2.27. The maximum absolute atomic E-state index is 12.8. The molecule has 1 heterocycles. The van der Waals surface area contributed by atoms with Gasteiger partial charge in [0.1, 0.15) is 11.5 Å². The Morgan fingerprint density at radius 1 is 1.08 bits per heavy atom. The van der Waals surface area contributed by atoms with E-state index in [2.05, 4.69) is 12.2 Å². The van der Waals surface area contributed by atoms with Gasteiger partial charge in [0.15, 0.2) is 0 Å². The van der Waals surface area contributed by atoms with Crippen molar-refractivity contribution in [2.24, 2.45) is 5.92 Å². The second-order valence-electron chi connectivity index (χ2n) is 6.71. The molecule has 6 nitrogen and oxygen atoms in total. The Kier molecular flexibility index (Phi) is 5.81. The van der Waals surface area contributed by atoms with Crippen molar-refractivity contribution in [1.29, 1.82) is 0 Å². The maximum atomic E-state index is 12.8. The van der Waals surface area contributed by atoms with Crippen LogP contribution in [0, 0.1) is 5.92 Å². The molecule has 1 aliphatic heterocycles. The van der Waals surface area contributed by atoms with Gasteiger partial charge in [0, 0.05) is 38.7 Å². The Morgan fingerprint density at radius 3 is 2.42 bits per heavy atom. The molecule has 0 N–H and O–H groups in total. The first-order valence-corrected chi connectivity index (χ1v) is 9.08. The Bertz CT molecular complexity index is 693. The minimum Gasteiger partial charge on any atom is -0.497 e. The third kappa shape index (κ3) is 4.00. The number of nitrogens with zero attached hydrogens (tertiary/aromatic N) is 2. The van der Waals surface area contributed by atoms with Gasteiger partial charge < -0.3 is 19.3 Å². The topological polar surface area (TPSA) is 59.1 Å². The van der Waals surface area contributed by atoms with Gasteiger partial charge in [-0.25, -0.2) is 0 Å². The number of amides is 2. The molecule has 6 heteroatoms. The van der Waals surface area contributed by atoms with Gasteiger partial charge in [-0.2, -0.15) is 0 Å². The first-order chi connectivity index (χ1) is 12.6. The van der Waals surface area contributed by atoms with Gasteiger partial charge in [-0.1, -0.05) is 12.2 Å². The first kappa shape index (κ1) is 18.3. The number of piperazine rings is 1. The van der Waals surface area contributed by atoms with Gasteiger partial charge in [-0.15, -0.1) is 0 Å². The van der Waals surface area contributed by atoms with Gasteiger partial charge in [0.2, 0.25) is 5.91 Å². The molecule has 2 aliphatic rings. The van der Waals surface area contributed by atoms with Crippen LogP contribution in [0.2, 0.25) is 0 Å². The van der Waals surface area contributed by atoms with Crippen LogP contribution in [-0.2, 0) is 4.79 Å². The number of allylic oxidation sites excluding steroid dienone is 2. The van der Waals surface area contributed by atoms with E-state index < -0.39 is 0 Å². The lowest BCUT2D eigenvalue weighted by Crippen LogP contribution is -2.50. The van der Waals surface area contributed by atoms with Gasteiger partial charge in [0.25, 0.3) is 5.91 Å². The van der Waals surface area contributed by atoms with E-state index in [9.17, 15) is 9.59 Å². The molecule has 140 valence electrons. The summed E-state index contributed by atoms with van der Waals surface area (Å²) in [6.45, 7) is 2.25. The van der Waals surface area contributed by atoms with Crippen molar-refractivity contribution in [2.75, 3.05) is 40.4 Å². The quantitative estimate of drug-likeness (QED) is 0.758. The van der Waals surface area contributed by atoms with Gasteiger partial charge in [-0.05, 0) is 30.9 Å². The predicted octanol–water partition coefficient (Wildman–Crippen LogP) is 2.34. The molecular weight excluding hydrogens is 332 g/mol. The van der Waals surface area contributed by atoms with E-state index in [0.29, 0.717) is 55.6 Å². The lowest BCUT2D eigenvalue weighted by atomic mass is 10.0. The van der Waals surface area contributed by atoms with Crippen LogP contribution in [0.3, 0.4) is 0 Å². The summed E-state index contributed by atoms with van der Waals surface area (Å²) in [5, 5.41) is 0. The van der Waals surface area contributed by atoms with Crippen molar-refractivity contribution < 1.29 is 19.1 Å². The lowest BCUT2D eigenvalue weighted by molar-refractivity contribution is -0.133. The molecule has 1 aromatic carbocycles. The van der Waals surface area contributed by atoms with Crippen LogP contribution in [0.5, 0.6) is 11.5 Å². The van der Waals surface area contributed by atoms with E-state index in [4.69, 9.17) is 9.47 Å². The van der Waals surface area contributed by atoms with E-state index in [0.717, 1.165) is 12.8 Å². The molecule has 1 aromatic rings. The van der Waals surface area contributed by atoms with Crippen molar-refractivity contribution >= 4 is 11.8 Å². The second-order valence-corrected chi connectivity index (χ2v) is 6.71. The fraction of sp³-hybridized carbons (Fsp3) is 0.500. The molecule has 0 aromatic heterocycles. The third-order valence-corrected chi connectivity index (χ3v) is 5.11. The number of methoxy groups -OCH3 is 2. The van der Waals surface area contributed by atoms with E-state index in [-0.39, 0.29) is 11.8 Å². The summed E-state index contributed by atoms with van der Waals surface area (Å²) in [5.41, 5.74) is 0.518. The smallest absolute Gasteiger partial charge is 0.257 e. The summed E-state index contributed by atoms with van der Waals surface area (Å²) >= 11 is 0. The molecule has 3 rings (SSSR count). The molecular formula is C20H26N2O4. The Hall–Kier alpha value is -2.50. The highest BCUT2D eigenvalue weighted by molar-refractivity contribution is 5.97. The zero-order valence-electron chi connectivity index (χ0n) is 15.4. The van der Waals surface area contributed by atoms with Crippen LogP contribution in [0.1, 0.15) is 29.6 Å². The highest BCUT2D eigenvalue weighted by Crippen LogP contribution is 2.26. The number of hydrogen-bond donors (Lipinski definition) is 0. The molecule has 1 saturated heterocycles. The number of carbonyl (C=O) groups is 2. The van der Waals surface area contributed by atoms with Crippen LogP contribution >= 0.6 is 0 Å². The zero-order chi connectivity index (χ0) is 18.5. The van der Waals surface area contributed by atoms with E-state index in [1.807, 2.05) is 4.90 Å². The van der Waals surface area contributed by atoms with Crippen molar-refractivity contribution in [1.82, 2.24) is 9.80 Å². The zero-order valence-corrected chi connectivity index (χ0v) is 15.4. The summed E-state index contributed by atoms with van der Waals surface area (Å²) in [4.78, 5) is 28.9. The van der Waals surface area contributed by atoms with Crippen LogP contribution in [0.4, 0.5) is 0 Å². The van der Waals surface area contributed by atoms with Gasteiger partial charge >= 0.3 is 0 Å². The van der Waals surface area contributed by atoms with Crippen LogP contribution < -0.4 is 9.47 Å². The monoisotopic (exact) mass is 358 g/mol. The largest absolute Gasteiger partial charge is 0.497 e. The van der Waals surface area contributed by atoms with Crippen molar-refractivity contribution in [3.8, 4) is 11.5 Å². The number of hydrogen-bond acceptors (Lipinski definition) is 4. The minimum atomic E-state index is -0.0738. The average Bonchev–Trinajstić information content (AvgIpc) is 3.20. The van der Waals surface area contributed by atoms with E-state index >= 15 is 0 Å². The molecule has 1 fully saturated rings. The SMILES string of the molecule is COc1ccc(C(=O)N2CCN(C(=O)CC3C=CCC3)CC2)c(OC)c1. The molecule has 1 aliphatic carbocycles. The average molecular weight is 358 g/mol. The predicted molar refractivity (Wildman–Crippen MR) is 98.5 cm³/mol. The lowest BCUT2D eigenvalue weighted by Gasteiger charge is -2.35. The summed E-state index contributed by atoms with van der Waals surface area (Å²) in [7, 11) is 3.12. The van der Waals surface area contributed by atoms with Crippen LogP contribution in [0.15, 0.2) is 30.4 Å². The molecule has 0 radical (unpaired) electrons. The summed E-state index contributed by atoms with van der Waals surface area (Å²) < 4.78 is 10.5. The standard InChI is InChI=1S/C20H26N2O4/c1-25-16-7-8-17(18(14-16)26-2)20(24)22-11-9-21(10-12-22)19(23)13-15-5-3-4-6-15/h3,5,7-8,14-15H,4,6,9-13H2,1-2H3. The van der Waals surface area contributed by atoms with Crippen LogP contribution in [0.25, 0.3) is 0 Å². The maximum Gasteiger partial charge on any atom is 0.257 e. The fourth-order valence-electron chi connectivity index (χ4n) is 3.52. The molecule has 1 atom stereocenters. The minimum absolute atomic E-state index is 0.0738. The fourth-order valence-corrected chi connectivity index (χ4v) is 3.52. The molecule has 26 heavy (non-hydrogen) atoms. The number of ether oxygens (including phenoxy) is 2. The first-order valence-electron chi connectivity index (χ1n) is 9.08. The van der Waals surface area contributed by atoms with Crippen molar-refractivity contribution in [3.63, 3.8) is 0 Å². The van der Waals surface area contributed by atoms with Gasteiger partial charge in [-0.3, -0.25) is 9.59 Å². The Morgan fingerprint density at radius 2 is 1.81 bits per heavy atom. The normalized spacial score (nSPS) is 19.5. The van der Waals surface area contributed by atoms with Crippen molar-refractivity contribution in [2.45, 2.75) is 19.3 Å².